The maximum atomic E-state index is 12.0. The number of rotatable bonds is 3. The molecule has 1 aromatic heterocycles. The molecule has 2 aromatic rings. The molecule has 2 rings (SSSR count). The monoisotopic (exact) mass is 262 g/mol. The van der Waals surface area contributed by atoms with Crippen molar-refractivity contribution in [1.29, 1.82) is 0 Å². The van der Waals surface area contributed by atoms with Crippen molar-refractivity contribution in [2.75, 3.05) is 14.2 Å². The predicted molar refractivity (Wildman–Crippen MR) is 71.4 cm³/mol. The van der Waals surface area contributed by atoms with Crippen LogP contribution in [0.5, 0.6) is 0 Å². The van der Waals surface area contributed by atoms with Gasteiger partial charge in [0.15, 0.2) is 0 Å². The summed E-state index contributed by atoms with van der Waals surface area (Å²) in [5.74, 6) is -0.172. The quantitative estimate of drug-likeness (QED) is 0.799. The van der Waals surface area contributed by atoms with Crippen LogP contribution in [0.15, 0.2) is 30.3 Å². The molecule has 94 valence electrons. The van der Waals surface area contributed by atoms with Gasteiger partial charge in [-0.05, 0) is 6.92 Å². The second-order valence-corrected chi connectivity index (χ2v) is 4.78. The molecule has 0 aliphatic carbocycles. The molecule has 0 bridgehead atoms. The smallest absolute Gasteiger partial charge is 0.274 e. The first-order valence-electron chi connectivity index (χ1n) is 5.48. The van der Waals surface area contributed by atoms with Crippen LogP contribution in [0.25, 0.3) is 10.6 Å². The molecule has 1 heterocycles. The van der Waals surface area contributed by atoms with E-state index in [4.69, 9.17) is 4.84 Å². The molecule has 0 N–H and O–H groups in total. The molecule has 0 spiro atoms. The highest BCUT2D eigenvalue weighted by molar-refractivity contribution is 7.17. The highest BCUT2D eigenvalue weighted by atomic mass is 32.1. The third-order valence-corrected chi connectivity index (χ3v) is 3.77. The van der Waals surface area contributed by atoms with Gasteiger partial charge in [0.1, 0.15) is 9.88 Å². The zero-order valence-electron chi connectivity index (χ0n) is 10.5. The van der Waals surface area contributed by atoms with E-state index in [0.717, 1.165) is 16.3 Å². The number of aromatic nitrogens is 1. The predicted octanol–water partition coefficient (Wildman–Crippen LogP) is 2.75. The molecular formula is C13H14N2O2S. The van der Waals surface area contributed by atoms with Gasteiger partial charge < -0.3 is 0 Å². The van der Waals surface area contributed by atoms with Crippen molar-refractivity contribution in [3.05, 3.63) is 40.9 Å². The van der Waals surface area contributed by atoms with Gasteiger partial charge in [0.05, 0.1) is 12.8 Å². The number of carbonyl (C=O) groups excluding carboxylic acids is 1. The molecule has 1 aromatic carbocycles. The van der Waals surface area contributed by atoms with Gasteiger partial charge >= 0.3 is 0 Å². The standard InChI is InChI=1S/C13H14N2O2S/c1-9-11(13(16)15(2)17-3)18-12(14-9)10-7-5-4-6-8-10/h4-8H,1-3H3. The van der Waals surface area contributed by atoms with Crippen LogP contribution in [0.2, 0.25) is 0 Å². The fourth-order valence-corrected chi connectivity index (χ4v) is 2.56. The molecule has 0 atom stereocenters. The molecule has 0 unspecified atom stereocenters. The lowest BCUT2D eigenvalue weighted by atomic mass is 10.2. The molecule has 0 aliphatic heterocycles. The lowest BCUT2D eigenvalue weighted by Crippen LogP contribution is -2.25. The van der Waals surface area contributed by atoms with E-state index in [2.05, 4.69) is 4.98 Å². The number of amides is 1. The number of carbonyl (C=O) groups is 1. The molecule has 0 saturated carbocycles. The van der Waals surface area contributed by atoms with Gasteiger partial charge in [-0.2, -0.15) is 0 Å². The Bertz CT molecular complexity index is 551. The number of aryl methyl sites for hydroxylation is 1. The molecule has 5 heteroatoms. The Morgan fingerprint density at radius 1 is 1.33 bits per heavy atom. The molecule has 4 nitrogen and oxygen atoms in total. The summed E-state index contributed by atoms with van der Waals surface area (Å²) in [5.41, 5.74) is 1.75. The van der Waals surface area contributed by atoms with Gasteiger partial charge in [-0.15, -0.1) is 11.3 Å². The van der Waals surface area contributed by atoms with E-state index >= 15 is 0 Å². The van der Waals surface area contributed by atoms with E-state index in [1.165, 1.54) is 23.5 Å². The van der Waals surface area contributed by atoms with Crippen molar-refractivity contribution in [3.63, 3.8) is 0 Å². The van der Waals surface area contributed by atoms with Crippen LogP contribution in [0.3, 0.4) is 0 Å². The number of nitrogens with zero attached hydrogens (tertiary/aromatic N) is 2. The second kappa shape index (κ2) is 5.29. The van der Waals surface area contributed by atoms with Crippen LogP contribution in [0.4, 0.5) is 0 Å². The topological polar surface area (TPSA) is 42.4 Å². The number of hydrogen-bond acceptors (Lipinski definition) is 4. The Balaban J connectivity index is 2.36. The number of thiazole rings is 1. The minimum absolute atomic E-state index is 0.172. The normalized spacial score (nSPS) is 10.4. The molecule has 1 amide bonds. The van der Waals surface area contributed by atoms with Gasteiger partial charge in [0, 0.05) is 12.6 Å². The Kier molecular flexibility index (Phi) is 3.74. The SMILES string of the molecule is CON(C)C(=O)c1sc(-c2ccccc2)nc1C. The van der Waals surface area contributed by atoms with E-state index in [-0.39, 0.29) is 5.91 Å². The van der Waals surface area contributed by atoms with E-state index in [9.17, 15) is 4.79 Å². The summed E-state index contributed by atoms with van der Waals surface area (Å²) >= 11 is 1.38. The fraction of sp³-hybridized carbons (Fsp3) is 0.231. The van der Waals surface area contributed by atoms with Gasteiger partial charge in [-0.25, -0.2) is 10.0 Å². The summed E-state index contributed by atoms with van der Waals surface area (Å²) in [4.78, 5) is 22.0. The molecule has 0 aliphatic rings. The van der Waals surface area contributed by atoms with Crippen LogP contribution in [0.1, 0.15) is 15.4 Å². The molecule has 0 saturated heterocycles. The average molecular weight is 262 g/mol. The summed E-state index contributed by atoms with van der Waals surface area (Å²) in [6.45, 7) is 1.83. The highest BCUT2D eigenvalue weighted by Gasteiger charge is 2.19. The fourth-order valence-electron chi connectivity index (χ4n) is 1.52. The number of benzene rings is 1. The summed E-state index contributed by atoms with van der Waals surface area (Å²) in [6, 6.07) is 9.82. The van der Waals surface area contributed by atoms with Gasteiger partial charge in [-0.1, -0.05) is 30.3 Å². The van der Waals surface area contributed by atoms with Crippen molar-refractivity contribution in [2.45, 2.75) is 6.92 Å². The van der Waals surface area contributed by atoms with Crippen molar-refractivity contribution in [1.82, 2.24) is 10.0 Å². The molecular weight excluding hydrogens is 248 g/mol. The lowest BCUT2D eigenvalue weighted by molar-refractivity contribution is -0.0754. The van der Waals surface area contributed by atoms with E-state index < -0.39 is 0 Å². The van der Waals surface area contributed by atoms with Crippen LogP contribution >= 0.6 is 11.3 Å². The highest BCUT2D eigenvalue weighted by Crippen LogP contribution is 2.28. The second-order valence-electron chi connectivity index (χ2n) is 3.78. The van der Waals surface area contributed by atoms with Crippen LogP contribution in [-0.2, 0) is 4.84 Å². The average Bonchev–Trinajstić information content (AvgIpc) is 2.80. The molecule has 0 fully saturated rings. The minimum Gasteiger partial charge on any atom is -0.274 e. The summed E-state index contributed by atoms with van der Waals surface area (Å²) in [5, 5.41) is 2.05. The van der Waals surface area contributed by atoms with Crippen LogP contribution < -0.4 is 0 Å². The van der Waals surface area contributed by atoms with E-state index in [0.29, 0.717) is 4.88 Å². The zero-order valence-corrected chi connectivity index (χ0v) is 11.3. The summed E-state index contributed by atoms with van der Waals surface area (Å²) in [7, 11) is 3.05. The zero-order chi connectivity index (χ0) is 13.1. The van der Waals surface area contributed by atoms with Crippen LogP contribution in [0, 0.1) is 6.92 Å². The van der Waals surface area contributed by atoms with Crippen molar-refractivity contribution in [2.24, 2.45) is 0 Å². The number of hydroxylamine groups is 2. The first-order valence-corrected chi connectivity index (χ1v) is 6.30. The summed E-state index contributed by atoms with van der Waals surface area (Å²) in [6.07, 6.45) is 0. The first-order chi connectivity index (χ1) is 8.63. The van der Waals surface area contributed by atoms with Crippen molar-refractivity contribution in [3.8, 4) is 10.6 Å². The van der Waals surface area contributed by atoms with Crippen LogP contribution in [-0.4, -0.2) is 30.1 Å². The third kappa shape index (κ3) is 2.42. The number of hydrogen-bond donors (Lipinski definition) is 0. The van der Waals surface area contributed by atoms with Gasteiger partial charge in [0.25, 0.3) is 5.91 Å². The molecule has 0 radical (unpaired) electrons. The Hall–Kier alpha value is -1.72. The Morgan fingerprint density at radius 3 is 2.61 bits per heavy atom. The molecule has 18 heavy (non-hydrogen) atoms. The van der Waals surface area contributed by atoms with E-state index in [1.54, 1.807) is 7.05 Å². The lowest BCUT2D eigenvalue weighted by Gasteiger charge is -2.11. The largest absolute Gasteiger partial charge is 0.289 e. The van der Waals surface area contributed by atoms with Gasteiger partial charge in [-0.3, -0.25) is 9.63 Å². The Labute approximate surface area is 110 Å². The summed E-state index contributed by atoms with van der Waals surface area (Å²) < 4.78 is 0. The maximum absolute atomic E-state index is 12.0. The van der Waals surface area contributed by atoms with Gasteiger partial charge in [0.2, 0.25) is 0 Å². The first kappa shape index (κ1) is 12.7. The van der Waals surface area contributed by atoms with Crippen molar-refractivity contribution >= 4 is 17.2 Å². The Morgan fingerprint density at radius 2 is 2.00 bits per heavy atom. The van der Waals surface area contributed by atoms with E-state index in [1.807, 2.05) is 37.3 Å². The maximum Gasteiger partial charge on any atom is 0.289 e. The minimum atomic E-state index is -0.172. The third-order valence-electron chi connectivity index (χ3n) is 2.57. The van der Waals surface area contributed by atoms with Crippen molar-refractivity contribution < 1.29 is 9.63 Å².